The first-order valence-electron chi connectivity index (χ1n) is 6.05. The van der Waals surface area contributed by atoms with Gasteiger partial charge in [0.25, 0.3) is 0 Å². The van der Waals surface area contributed by atoms with E-state index in [1.165, 1.54) is 0 Å². The zero-order valence-corrected chi connectivity index (χ0v) is 11.8. The minimum atomic E-state index is -0.177. The summed E-state index contributed by atoms with van der Waals surface area (Å²) < 4.78 is 0. The fourth-order valence-corrected chi connectivity index (χ4v) is 2.21. The number of phenolic OH excluding ortho intramolecular Hbond substituents is 1. The molecule has 2 nitrogen and oxygen atoms in total. The molecule has 0 saturated carbocycles. The molecule has 0 aliphatic rings. The lowest BCUT2D eigenvalue weighted by Gasteiger charge is -2.29. The average molecular weight is 236 g/mol. The van der Waals surface area contributed by atoms with Crippen LogP contribution in [0.4, 0.5) is 0 Å². The van der Waals surface area contributed by atoms with Crippen molar-refractivity contribution in [3.05, 3.63) is 28.8 Å². The molecular formula is C15H24O2. The lowest BCUT2D eigenvalue weighted by atomic mass is 9.77. The van der Waals surface area contributed by atoms with Gasteiger partial charge in [-0.2, -0.15) is 0 Å². The molecule has 2 heteroatoms. The van der Waals surface area contributed by atoms with Crippen LogP contribution in [0.15, 0.2) is 12.1 Å². The van der Waals surface area contributed by atoms with Gasteiger partial charge in [0.2, 0.25) is 0 Å². The molecule has 0 heterocycles. The van der Waals surface area contributed by atoms with Gasteiger partial charge in [0.05, 0.1) is 6.61 Å². The largest absolute Gasteiger partial charge is 0.507 e. The average Bonchev–Trinajstić information content (AvgIpc) is 2.12. The van der Waals surface area contributed by atoms with Gasteiger partial charge in [-0.1, -0.05) is 53.7 Å². The molecule has 0 unspecified atom stereocenters. The Morgan fingerprint density at radius 2 is 1.47 bits per heavy atom. The van der Waals surface area contributed by atoms with Crippen LogP contribution in [-0.2, 0) is 17.4 Å². The van der Waals surface area contributed by atoms with E-state index in [0.29, 0.717) is 5.75 Å². The quantitative estimate of drug-likeness (QED) is 0.783. The number of hydrogen-bond donors (Lipinski definition) is 2. The topological polar surface area (TPSA) is 40.5 Å². The lowest BCUT2D eigenvalue weighted by Crippen LogP contribution is -2.19. The number of aromatic hydroxyl groups is 1. The van der Waals surface area contributed by atoms with Crippen LogP contribution in [0.5, 0.6) is 5.75 Å². The summed E-state index contributed by atoms with van der Waals surface area (Å²) in [7, 11) is 0. The Labute approximate surface area is 104 Å². The van der Waals surface area contributed by atoms with E-state index >= 15 is 0 Å². The molecule has 1 aromatic rings. The van der Waals surface area contributed by atoms with Crippen LogP contribution in [-0.4, -0.2) is 10.2 Å². The van der Waals surface area contributed by atoms with E-state index in [0.717, 1.165) is 16.7 Å². The highest BCUT2D eigenvalue weighted by Gasteiger charge is 2.27. The van der Waals surface area contributed by atoms with Crippen LogP contribution in [0.1, 0.15) is 58.2 Å². The first kappa shape index (κ1) is 14.0. The maximum atomic E-state index is 10.5. The van der Waals surface area contributed by atoms with Crippen molar-refractivity contribution in [2.75, 3.05) is 0 Å². The van der Waals surface area contributed by atoms with Gasteiger partial charge in [0.15, 0.2) is 0 Å². The molecule has 1 rings (SSSR count). The SMILES string of the molecule is CC(C)(C)c1ccc(CO)c(C(C)(C)C)c1O. The molecule has 0 aliphatic heterocycles. The molecule has 0 aromatic heterocycles. The molecular weight excluding hydrogens is 212 g/mol. The van der Waals surface area contributed by atoms with Gasteiger partial charge >= 0.3 is 0 Å². The van der Waals surface area contributed by atoms with Crippen molar-refractivity contribution in [2.24, 2.45) is 0 Å². The fraction of sp³-hybridized carbons (Fsp3) is 0.600. The summed E-state index contributed by atoms with van der Waals surface area (Å²) >= 11 is 0. The highest BCUT2D eigenvalue weighted by molar-refractivity contribution is 5.51. The van der Waals surface area contributed by atoms with Crippen LogP contribution in [0.25, 0.3) is 0 Å². The summed E-state index contributed by atoms with van der Waals surface area (Å²) in [5, 5.41) is 19.8. The maximum Gasteiger partial charge on any atom is 0.123 e. The molecule has 2 N–H and O–H groups in total. The van der Waals surface area contributed by atoms with Crippen molar-refractivity contribution in [2.45, 2.75) is 59.0 Å². The summed E-state index contributed by atoms with van der Waals surface area (Å²) in [6, 6.07) is 3.83. The van der Waals surface area contributed by atoms with E-state index in [2.05, 4.69) is 20.8 Å². The van der Waals surface area contributed by atoms with Gasteiger partial charge < -0.3 is 10.2 Å². The summed E-state index contributed by atoms with van der Waals surface area (Å²) in [6.07, 6.45) is 0. The van der Waals surface area contributed by atoms with E-state index in [1.807, 2.05) is 32.9 Å². The Morgan fingerprint density at radius 1 is 0.941 bits per heavy atom. The van der Waals surface area contributed by atoms with Crippen molar-refractivity contribution in [3.63, 3.8) is 0 Å². The molecule has 0 atom stereocenters. The Hall–Kier alpha value is -1.02. The van der Waals surface area contributed by atoms with Crippen LogP contribution in [0, 0.1) is 0 Å². The van der Waals surface area contributed by atoms with Gasteiger partial charge in [-0.15, -0.1) is 0 Å². The number of phenols is 1. The van der Waals surface area contributed by atoms with Gasteiger partial charge in [-0.05, 0) is 22.0 Å². The zero-order valence-electron chi connectivity index (χ0n) is 11.8. The smallest absolute Gasteiger partial charge is 0.123 e. The molecule has 0 amide bonds. The van der Waals surface area contributed by atoms with Crippen molar-refractivity contribution in [1.82, 2.24) is 0 Å². The number of aliphatic hydroxyl groups is 1. The maximum absolute atomic E-state index is 10.5. The van der Waals surface area contributed by atoms with Crippen molar-refractivity contribution in [1.29, 1.82) is 0 Å². The zero-order chi connectivity index (χ0) is 13.4. The summed E-state index contributed by atoms with van der Waals surface area (Å²) in [5.74, 6) is 0.330. The summed E-state index contributed by atoms with van der Waals surface area (Å²) in [4.78, 5) is 0. The van der Waals surface area contributed by atoms with Gasteiger partial charge in [0, 0.05) is 5.56 Å². The van der Waals surface area contributed by atoms with Gasteiger partial charge in [-0.3, -0.25) is 0 Å². The second-order valence-corrected chi connectivity index (χ2v) is 6.65. The Kier molecular flexibility index (Phi) is 3.58. The van der Waals surface area contributed by atoms with Gasteiger partial charge in [-0.25, -0.2) is 0 Å². The lowest BCUT2D eigenvalue weighted by molar-refractivity contribution is 0.276. The molecule has 0 saturated heterocycles. The van der Waals surface area contributed by atoms with Crippen molar-refractivity contribution < 1.29 is 10.2 Å². The summed E-state index contributed by atoms with van der Waals surface area (Å²) in [6.45, 7) is 12.3. The first-order chi connectivity index (χ1) is 7.59. The number of benzene rings is 1. The second-order valence-electron chi connectivity index (χ2n) is 6.65. The fourth-order valence-electron chi connectivity index (χ4n) is 2.21. The van der Waals surface area contributed by atoms with Crippen molar-refractivity contribution >= 4 is 0 Å². The minimum Gasteiger partial charge on any atom is -0.507 e. The molecule has 96 valence electrons. The highest BCUT2D eigenvalue weighted by Crippen LogP contribution is 2.40. The molecule has 0 aliphatic carbocycles. The van der Waals surface area contributed by atoms with Crippen LogP contribution < -0.4 is 0 Å². The van der Waals surface area contributed by atoms with E-state index in [-0.39, 0.29) is 17.4 Å². The molecule has 0 spiro atoms. The Bertz CT molecular complexity index is 406. The molecule has 1 aromatic carbocycles. The number of aliphatic hydroxyl groups excluding tert-OH is 1. The molecule has 0 fully saturated rings. The van der Waals surface area contributed by atoms with E-state index < -0.39 is 0 Å². The third-order valence-corrected chi connectivity index (χ3v) is 2.99. The third-order valence-electron chi connectivity index (χ3n) is 2.99. The summed E-state index contributed by atoms with van der Waals surface area (Å²) in [5.41, 5.74) is 2.32. The number of rotatable bonds is 1. The Morgan fingerprint density at radius 3 is 1.82 bits per heavy atom. The molecule has 17 heavy (non-hydrogen) atoms. The molecule has 0 radical (unpaired) electrons. The highest BCUT2D eigenvalue weighted by atomic mass is 16.3. The Balaban J connectivity index is 3.55. The predicted molar refractivity (Wildman–Crippen MR) is 71.4 cm³/mol. The van der Waals surface area contributed by atoms with Crippen molar-refractivity contribution in [3.8, 4) is 5.75 Å². The molecule has 0 bridgehead atoms. The van der Waals surface area contributed by atoms with E-state index in [1.54, 1.807) is 0 Å². The van der Waals surface area contributed by atoms with E-state index in [9.17, 15) is 10.2 Å². The first-order valence-corrected chi connectivity index (χ1v) is 6.05. The second kappa shape index (κ2) is 4.34. The monoisotopic (exact) mass is 236 g/mol. The predicted octanol–water partition coefficient (Wildman–Crippen LogP) is 3.48. The van der Waals surface area contributed by atoms with Crippen LogP contribution in [0.3, 0.4) is 0 Å². The van der Waals surface area contributed by atoms with E-state index in [4.69, 9.17) is 0 Å². The van der Waals surface area contributed by atoms with Crippen LogP contribution in [0.2, 0.25) is 0 Å². The van der Waals surface area contributed by atoms with Crippen LogP contribution >= 0.6 is 0 Å². The standard InChI is InChI=1S/C15H24O2/c1-14(2,3)11-8-7-10(9-16)12(13(11)17)15(4,5)6/h7-8,16-17H,9H2,1-6H3. The third kappa shape index (κ3) is 2.81. The normalized spacial score (nSPS) is 12.9. The van der Waals surface area contributed by atoms with Gasteiger partial charge in [0.1, 0.15) is 5.75 Å². The number of hydrogen-bond acceptors (Lipinski definition) is 2. The minimum absolute atomic E-state index is 0.0371.